The molecule has 15 heavy (non-hydrogen) atoms. The van der Waals surface area contributed by atoms with E-state index in [2.05, 4.69) is 4.98 Å². The summed E-state index contributed by atoms with van der Waals surface area (Å²) in [7, 11) is 0. The molecule has 1 heterocycles. The summed E-state index contributed by atoms with van der Waals surface area (Å²) in [6.07, 6.45) is 3.94. The van der Waals surface area contributed by atoms with Crippen molar-refractivity contribution in [2.45, 2.75) is 19.4 Å². The summed E-state index contributed by atoms with van der Waals surface area (Å²) in [5, 5.41) is 0. The van der Waals surface area contributed by atoms with Gasteiger partial charge in [0.2, 0.25) is 0 Å². The number of rotatable bonds is 4. The van der Waals surface area contributed by atoms with Gasteiger partial charge < -0.3 is 10.5 Å². The van der Waals surface area contributed by atoms with Gasteiger partial charge in [0.25, 0.3) is 0 Å². The summed E-state index contributed by atoms with van der Waals surface area (Å²) in [4.78, 5) is 15.6. The molecule has 1 saturated carbocycles. The molecule has 80 valence electrons. The van der Waals surface area contributed by atoms with Crippen LogP contribution in [0.1, 0.15) is 28.9 Å². The first-order chi connectivity index (χ1) is 7.29. The van der Waals surface area contributed by atoms with Gasteiger partial charge in [0.15, 0.2) is 0 Å². The Morgan fingerprint density at radius 1 is 1.60 bits per heavy atom. The molecule has 1 fully saturated rings. The number of hydrogen-bond acceptors (Lipinski definition) is 4. The molecule has 0 radical (unpaired) electrons. The molecular formula is C11H14N2O2. The van der Waals surface area contributed by atoms with Crippen LogP contribution in [0.15, 0.2) is 18.3 Å². The lowest BCUT2D eigenvalue weighted by Crippen LogP contribution is -2.09. The first-order valence-electron chi connectivity index (χ1n) is 5.11. The van der Waals surface area contributed by atoms with E-state index >= 15 is 0 Å². The first-order valence-corrected chi connectivity index (χ1v) is 5.11. The fourth-order valence-corrected chi connectivity index (χ4v) is 1.28. The van der Waals surface area contributed by atoms with Crippen LogP contribution >= 0.6 is 0 Å². The number of nitrogens with zero attached hydrogens (tertiary/aromatic N) is 1. The van der Waals surface area contributed by atoms with Gasteiger partial charge in [-0.05, 0) is 30.9 Å². The summed E-state index contributed by atoms with van der Waals surface area (Å²) < 4.78 is 5.14. The minimum atomic E-state index is -0.279. The van der Waals surface area contributed by atoms with E-state index in [4.69, 9.17) is 10.5 Å². The molecule has 4 heteroatoms. The molecular weight excluding hydrogens is 192 g/mol. The van der Waals surface area contributed by atoms with E-state index in [-0.39, 0.29) is 5.97 Å². The zero-order chi connectivity index (χ0) is 10.7. The van der Waals surface area contributed by atoms with Crippen molar-refractivity contribution in [3.63, 3.8) is 0 Å². The second kappa shape index (κ2) is 4.40. The molecule has 4 nitrogen and oxygen atoms in total. The van der Waals surface area contributed by atoms with E-state index in [1.807, 2.05) is 0 Å². The maximum Gasteiger partial charge on any atom is 0.338 e. The molecule has 0 saturated heterocycles. The van der Waals surface area contributed by atoms with Crippen molar-refractivity contribution in [2.75, 3.05) is 6.61 Å². The average Bonchev–Trinajstić information content (AvgIpc) is 3.10. The molecule has 0 aliphatic heterocycles. The molecule has 0 amide bonds. The highest BCUT2D eigenvalue weighted by molar-refractivity contribution is 5.89. The van der Waals surface area contributed by atoms with Gasteiger partial charge >= 0.3 is 5.97 Å². The highest BCUT2D eigenvalue weighted by Crippen LogP contribution is 2.29. The Morgan fingerprint density at radius 2 is 2.40 bits per heavy atom. The van der Waals surface area contributed by atoms with E-state index in [1.165, 1.54) is 12.8 Å². The van der Waals surface area contributed by atoms with Crippen LogP contribution in [0, 0.1) is 5.92 Å². The summed E-state index contributed by atoms with van der Waals surface area (Å²) in [5.74, 6) is 0.309. The maximum absolute atomic E-state index is 11.6. The molecule has 1 aliphatic rings. The Labute approximate surface area is 88.4 Å². The molecule has 0 bridgehead atoms. The minimum Gasteiger partial charge on any atom is -0.462 e. The van der Waals surface area contributed by atoms with E-state index in [0.29, 0.717) is 30.3 Å². The van der Waals surface area contributed by atoms with Gasteiger partial charge in [-0.1, -0.05) is 0 Å². The molecule has 2 N–H and O–H groups in total. The van der Waals surface area contributed by atoms with Crippen LogP contribution < -0.4 is 5.73 Å². The number of nitrogens with two attached hydrogens (primary N) is 1. The average molecular weight is 206 g/mol. The third kappa shape index (κ3) is 2.76. The third-order valence-electron chi connectivity index (χ3n) is 2.41. The molecule has 0 spiro atoms. The van der Waals surface area contributed by atoms with Crippen LogP contribution in [-0.4, -0.2) is 17.6 Å². The second-order valence-electron chi connectivity index (χ2n) is 3.78. The largest absolute Gasteiger partial charge is 0.462 e. The standard InChI is InChI=1S/C11H14N2O2/c12-6-10-5-9(3-4-13-10)11(14)15-7-8-1-2-8/h3-5,8H,1-2,6-7,12H2. The van der Waals surface area contributed by atoms with Gasteiger partial charge in [-0.25, -0.2) is 4.79 Å². The summed E-state index contributed by atoms with van der Waals surface area (Å²) in [5.41, 5.74) is 6.67. The number of carbonyl (C=O) groups excluding carboxylic acids is 1. The Kier molecular flexibility index (Phi) is 2.97. The lowest BCUT2D eigenvalue weighted by atomic mass is 10.2. The molecule has 0 aromatic carbocycles. The number of pyridine rings is 1. The fourth-order valence-electron chi connectivity index (χ4n) is 1.28. The third-order valence-corrected chi connectivity index (χ3v) is 2.41. The van der Waals surface area contributed by atoms with Gasteiger partial charge in [0.05, 0.1) is 17.9 Å². The van der Waals surface area contributed by atoms with E-state index < -0.39 is 0 Å². The van der Waals surface area contributed by atoms with Crippen LogP contribution in [-0.2, 0) is 11.3 Å². The predicted molar refractivity (Wildman–Crippen MR) is 55.1 cm³/mol. The number of carbonyl (C=O) groups is 1. The van der Waals surface area contributed by atoms with Gasteiger partial charge in [-0.2, -0.15) is 0 Å². The number of esters is 1. The summed E-state index contributed by atoms with van der Waals surface area (Å²) in [6.45, 7) is 0.878. The van der Waals surface area contributed by atoms with Gasteiger partial charge in [-0.3, -0.25) is 4.98 Å². The van der Waals surface area contributed by atoms with Crippen LogP contribution in [0.3, 0.4) is 0 Å². The predicted octanol–water partition coefficient (Wildman–Crippen LogP) is 1.11. The normalized spacial score (nSPS) is 15.0. The monoisotopic (exact) mass is 206 g/mol. The van der Waals surface area contributed by atoms with Crippen molar-refractivity contribution in [3.8, 4) is 0 Å². The van der Waals surface area contributed by atoms with Crippen molar-refractivity contribution in [3.05, 3.63) is 29.6 Å². The Hall–Kier alpha value is -1.42. The zero-order valence-electron chi connectivity index (χ0n) is 8.48. The minimum absolute atomic E-state index is 0.279. The van der Waals surface area contributed by atoms with Crippen molar-refractivity contribution >= 4 is 5.97 Å². The van der Waals surface area contributed by atoms with Crippen LogP contribution in [0.5, 0.6) is 0 Å². The maximum atomic E-state index is 11.6. The molecule has 1 aromatic heterocycles. The fraction of sp³-hybridized carbons (Fsp3) is 0.455. The number of hydrogen-bond donors (Lipinski definition) is 1. The van der Waals surface area contributed by atoms with Crippen molar-refractivity contribution in [1.82, 2.24) is 4.98 Å². The van der Waals surface area contributed by atoms with Crippen molar-refractivity contribution in [2.24, 2.45) is 11.7 Å². The molecule has 1 aromatic rings. The van der Waals surface area contributed by atoms with E-state index in [9.17, 15) is 4.79 Å². The Bertz CT molecular complexity index is 361. The van der Waals surface area contributed by atoms with Gasteiger partial charge in [0.1, 0.15) is 0 Å². The lowest BCUT2D eigenvalue weighted by Gasteiger charge is -2.04. The SMILES string of the molecule is NCc1cc(C(=O)OCC2CC2)ccn1. The van der Waals surface area contributed by atoms with Gasteiger partial charge in [-0.15, -0.1) is 0 Å². The first kappa shape index (κ1) is 10.1. The number of aromatic nitrogens is 1. The molecule has 0 atom stereocenters. The van der Waals surface area contributed by atoms with E-state index in [1.54, 1.807) is 18.3 Å². The van der Waals surface area contributed by atoms with Crippen LogP contribution in [0.25, 0.3) is 0 Å². The summed E-state index contributed by atoms with van der Waals surface area (Å²) >= 11 is 0. The smallest absolute Gasteiger partial charge is 0.338 e. The topological polar surface area (TPSA) is 65.2 Å². The van der Waals surface area contributed by atoms with Crippen molar-refractivity contribution < 1.29 is 9.53 Å². The van der Waals surface area contributed by atoms with Gasteiger partial charge in [0, 0.05) is 12.7 Å². The molecule has 1 aliphatic carbocycles. The molecule has 0 unspecified atom stereocenters. The molecule has 2 rings (SSSR count). The van der Waals surface area contributed by atoms with Crippen LogP contribution in [0.4, 0.5) is 0 Å². The van der Waals surface area contributed by atoms with Crippen molar-refractivity contribution in [1.29, 1.82) is 0 Å². The quantitative estimate of drug-likeness (QED) is 0.749. The second-order valence-corrected chi connectivity index (χ2v) is 3.78. The lowest BCUT2D eigenvalue weighted by molar-refractivity contribution is 0.0486. The Balaban J connectivity index is 1.96. The zero-order valence-corrected chi connectivity index (χ0v) is 8.48. The number of ether oxygens (including phenoxy) is 1. The highest BCUT2D eigenvalue weighted by Gasteiger charge is 2.23. The van der Waals surface area contributed by atoms with E-state index in [0.717, 1.165) is 0 Å². The van der Waals surface area contributed by atoms with Crippen LogP contribution in [0.2, 0.25) is 0 Å². The highest BCUT2D eigenvalue weighted by atomic mass is 16.5. The Morgan fingerprint density at radius 3 is 3.07 bits per heavy atom. The summed E-state index contributed by atoms with van der Waals surface area (Å²) in [6, 6.07) is 3.32.